The Morgan fingerprint density at radius 1 is 0.530 bits per heavy atom. The van der Waals surface area contributed by atoms with Gasteiger partial charge in [-0.3, -0.25) is 19.2 Å². The Hall–Kier alpha value is -5.85. The Morgan fingerprint density at radius 2 is 0.970 bits per heavy atom. The van der Waals surface area contributed by atoms with Gasteiger partial charge in [0.2, 0.25) is 0 Å². The molecule has 66 heavy (non-hydrogen) atoms. The second kappa shape index (κ2) is 28.9. The third-order valence-corrected chi connectivity index (χ3v) is 12.1. The summed E-state index contributed by atoms with van der Waals surface area (Å²) in [7, 11) is 0. The van der Waals surface area contributed by atoms with Crippen molar-refractivity contribution in [1.29, 1.82) is 0 Å². The number of carbonyl (C=O) groups excluding carboxylic acids is 5. The molecule has 0 aliphatic heterocycles. The molecule has 13 nitrogen and oxygen atoms in total. The number of esters is 4. The zero-order valence-corrected chi connectivity index (χ0v) is 38.6. The van der Waals surface area contributed by atoms with Gasteiger partial charge < -0.3 is 37.9 Å². The maximum atomic E-state index is 13.0. The summed E-state index contributed by atoms with van der Waals surface area (Å²) in [6, 6.07) is 19.5. The highest BCUT2D eigenvalue weighted by molar-refractivity contribution is 5.81. The van der Waals surface area contributed by atoms with Crippen molar-refractivity contribution in [2.24, 2.45) is 23.7 Å². The predicted octanol–water partition coefficient (Wildman–Crippen LogP) is 10.6. The zero-order chi connectivity index (χ0) is 46.8. The van der Waals surface area contributed by atoms with Crippen molar-refractivity contribution >= 4 is 30.2 Å². The normalized spacial score (nSPS) is 18.0. The lowest BCUT2D eigenvalue weighted by Crippen LogP contribution is -2.28. The lowest BCUT2D eigenvalue weighted by atomic mass is 9.82. The van der Waals surface area contributed by atoms with E-state index in [0.717, 1.165) is 108 Å². The molecule has 0 aromatic heterocycles. The van der Waals surface area contributed by atoms with Gasteiger partial charge in [-0.2, -0.15) is 0 Å². The SMILES string of the molecule is C=CC(=O)OCCCCCCOc1ccc(OC(=O)C2CCC(COc3ccc(OCC4CCC(C(=O)Oc5ccc(OCCCCCCOC(=O)CC)cc5)CC4)cc3C=O)CC2)cc1. The standard InChI is InChI=1S/C53H68O13/c1-3-50(55)61-33-11-7-5-9-31-59-44-21-25-46(26-22-44)65-52(57)41-17-13-39(14-18-41)37-63-48-29-30-49(43(35-48)36-54)64-38-40-15-19-42(20-16-40)53(58)66-47-27-23-45(24-28-47)60-32-10-6-8-12-34-62-51(56)4-2/h4,21-30,35-36,39-42H,2-3,5-20,31-34,37-38H2,1H3. The van der Waals surface area contributed by atoms with Crippen LogP contribution in [0.1, 0.15) is 126 Å². The highest BCUT2D eigenvalue weighted by Gasteiger charge is 2.30. The van der Waals surface area contributed by atoms with E-state index in [1.54, 1.807) is 55.5 Å². The molecule has 3 aromatic carbocycles. The van der Waals surface area contributed by atoms with Crippen LogP contribution >= 0.6 is 0 Å². The maximum absolute atomic E-state index is 13.0. The second-order valence-electron chi connectivity index (χ2n) is 17.1. The third kappa shape index (κ3) is 18.6. The number of rotatable bonds is 29. The zero-order valence-electron chi connectivity index (χ0n) is 38.6. The topological polar surface area (TPSA) is 159 Å². The molecule has 0 radical (unpaired) electrons. The van der Waals surface area contributed by atoms with Crippen molar-refractivity contribution in [3.05, 3.63) is 84.9 Å². The van der Waals surface area contributed by atoms with Gasteiger partial charge in [0.15, 0.2) is 6.29 Å². The third-order valence-electron chi connectivity index (χ3n) is 12.1. The minimum absolute atomic E-state index is 0.160. The molecule has 0 amide bonds. The summed E-state index contributed by atoms with van der Waals surface area (Å²) in [6.07, 6.45) is 15.8. The van der Waals surface area contributed by atoms with Gasteiger partial charge >= 0.3 is 23.9 Å². The molecule has 2 aliphatic rings. The summed E-state index contributed by atoms with van der Waals surface area (Å²) in [5.41, 5.74) is 0.424. The molecule has 2 aliphatic carbocycles. The average Bonchev–Trinajstić information content (AvgIpc) is 3.35. The van der Waals surface area contributed by atoms with Crippen LogP contribution in [0.4, 0.5) is 0 Å². The first-order valence-corrected chi connectivity index (χ1v) is 23.9. The van der Waals surface area contributed by atoms with Crippen LogP contribution in [0.5, 0.6) is 34.5 Å². The van der Waals surface area contributed by atoms with E-state index in [1.807, 2.05) is 18.2 Å². The Bertz CT molecular complexity index is 1940. The van der Waals surface area contributed by atoms with Gasteiger partial charge in [0.25, 0.3) is 0 Å². The number of benzene rings is 3. The molecule has 0 atom stereocenters. The summed E-state index contributed by atoms with van der Waals surface area (Å²) >= 11 is 0. The van der Waals surface area contributed by atoms with Gasteiger partial charge in [0.1, 0.15) is 34.5 Å². The van der Waals surface area contributed by atoms with Crippen molar-refractivity contribution < 1.29 is 61.9 Å². The van der Waals surface area contributed by atoms with Gasteiger partial charge in [-0.1, -0.05) is 13.5 Å². The lowest BCUT2D eigenvalue weighted by Gasteiger charge is -2.27. The van der Waals surface area contributed by atoms with E-state index in [2.05, 4.69) is 6.58 Å². The quantitative estimate of drug-likeness (QED) is 0.0213. The molecular weight excluding hydrogens is 845 g/mol. The van der Waals surface area contributed by atoms with Crippen molar-refractivity contribution in [2.45, 2.75) is 116 Å². The van der Waals surface area contributed by atoms with Gasteiger partial charge in [-0.15, -0.1) is 0 Å². The van der Waals surface area contributed by atoms with Crippen molar-refractivity contribution in [2.75, 3.05) is 39.6 Å². The Morgan fingerprint density at radius 3 is 1.44 bits per heavy atom. The summed E-state index contributed by atoms with van der Waals surface area (Å²) in [5.74, 6) is 2.71. The van der Waals surface area contributed by atoms with Crippen molar-refractivity contribution in [3.8, 4) is 34.5 Å². The smallest absolute Gasteiger partial charge is 0.330 e. The first-order chi connectivity index (χ1) is 32.2. The largest absolute Gasteiger partial charge is 0.494 e. The molecular formula is C53H68O13. The van der Waals surface area contributed by atoms with Gasteiger partial charge in [-0.25, -0.2) is 4.79 Å². The first kappa shape index (κ1) is 51.1. The van der Waals surface area contributed by atoms with Crippen LogP contribution in [0.15, 0.2) is 79.4 Å². The molecule has 2 saturated carbocycles. The predicted molar refractivity (Wildman–Crippen MR) is 248 cm³/mol. The Labute approximate surface area is 389 Å². The Kier molecular flexibility index (Phi) is 22.4. The average molecular weight is 913 g/mol. The summed E-state index contributed by atoms with van der Waals surface area (Å²) in [4.78, 5) is 60.2. The highest BCUT2D eigenvalue weighted by Crippen LogP contribution is 2.34. The van der Waals surface area contributed by atoms with Crippen LogP contribution in [0.25, 0.3) is 0 Å². The molecule has 13 heteroatoms. The fraction of sp³-hybridized carbons (Fsp3) is 0.528. The van der Waals surface area contributed by atoms with Gasteiger partial charge in [0.05, 0.1) is 57.0 Å². The fourth-order valence-electron chi connectivity index (χ4n) is 8.01. The van der Waals surface area contributed by atoms with Crippen LogP contribution in [0.2, 0.25) is 0 Å². The molecule has 358 valence electrons. The minimum Gasteiger partial charge on any atom is -0.494 e. The molecule has 2 fully saturated rings. The second-order valence-corrected chi connectivity index (χ2v) is 17.1. The van der Waals surface area contributed by atoms with Crippen LogP contribution < -0.4 is 28.4 Å². The lowest BCUT2D eigenvalue weighted by molar-refractivity contribution is -0.143. The van der Waals surface area contributed by atoms with E-state index in [-0.39, 0.29) is 41.6 Å². The molecule has 0 spiro atoms. The molecule has 5 rings (SSSR count). The van der Waals surface area contributed by atoms with Gasteiger partial charge in [-0.05, 0) is 181 Å². The minimum atomic E-state index is -0.396. The number of carbonyl (C=O) groups is 5. The van der Waals surface area contributed by atoms with E-state index in [1.165, 1.54) is 0 Å². The summed E-state index contributed by atoms with van der Waals surface area (Å²) in [6.45, 7) is 8.13. The monoisotopic (exact) mass is 912 g/mol. The molecule has 0 saturated heterocycles. The molecule has 0 bridgehead atoms. The fourth-order valence-corrected chi connectivity index (χ4v) is 8.01. The molecule has 0 N–H and O–H groups in total. The summed E-state index contributed by atoms with van der Waals surface area (Å²) in [5, 5.41) is 0. The van der Waals surface area contributed by atoms with E-state index in [9.17, 15) is 24.0 Å². The van der Waals surface area contributed by atoms with Crippen LogP contribution in [0, 0.1) is 23.7 Å². The summed E-state index contributed by atoms with van der Waals surface area (Å²) < 4.78 is 45.3. The number of hydrogen-bond donors (Lipinski definition) is 0. The van der Waals surface area contributed by atoms with Crippen molar-refractivity contribution in [1.82, 2.24) is 0 Å². The van der Waals surface area contributed by atoms with Crippen molar-refractivity contribution in [3.63, 3.8) is 0 Å². The molecule has 0 unspecified atom stereocenters. The first-order valence-electron chi connectivity index (χ1n) is 23.9. The number of hydrogen-bond acceptors (Lipinski definition) is 13. The van der Waals surface area contributed by atoms with E-state index in [4.69, 9.17) is 37.9 Å². The van der Waals surface area contributed by atoms with Gasteiger partial charge in [0, 0.05) is 12.5 Å². The molecule has 3 aromatic rings. The van der Waals surface area contributed by atoms with E-state index >= 15 is 0 Å². The van der Waals surface area contributed by atoms with E-state index < -0.39 is 5.97 Å². The van der Waals surface area contributed by atoms with E-state index in [0.29, 0.717) is 93.2 Å². The number of ether oxygens (including phenoxy) is 8. The Balaban J connectivity index is 0.908. The van der Waals surface area contributed by atoms with Crippen LogP contribution in [-0.2, 0) is 28.7 Å². The highest BCUT2D eigenvalue weighted by atomic mass is 16.5. The molecule has 0 heterocycles. The van der Waals surface area contributed by atoms with Crippen LogP contribution in [-0.4, -0.2) is 69.8 Å². The number of unbranched alkanes of at least 4 members (excludes halogenated alkanes) is 6. The van der Waals surface area contributed by atoms with Crippen LogP contribution in [0.3, 0.4) is 0 Å². The number of aldehydes is 1. The maximum Gasteiger partial charge on any atom is 0.330 e.